The van der Waals surface area contributed by atoms with E-state index in [2.05, 4.69) is 29.6 Å². The molecule has 2 atom stereocenters. The minimum absolute atomic E-state index is 0.0166. The van der Waals surface area contributed by atoms with Gasteiger partial charge >= 0.3 is 0 Å². The molecule has 1 aliphatic heterocycles. The molecular formula is C15H26N4O. The summed E-state index contributed by atoms with van der Waals surface area (Å²) in [5, 5.41) is 11.0. The molecule has 1 amide bonds. The zero-order valence-electron chi connectivity index (χ0n) is 13.0. The second-order valence-electron chi connectivity index (χ2n) is 5.73. The van der Waals surface area contributed by atoms with Crippen LogP contribution in [0, 0.1) is 13.8 Å². The number of carbonyl (C=O) groups excluding carboxylic acids is 1. The average Bonchev–Trinajstić information content (AvgIpc) is 2.68. The Bertz CT molecular complexity index is 480. The van der Waals surface area contributed by atoms with Crippen molar-refractivity contribution in [3.8, 4) is 0 Å². The first-order valence-corrected chi connectivity index (χ1v) is 7.62. The van der Waals surface area contributed by atoms with E-state index in [4.69, 9.17) is 0 Å². The second kappa shape index (κ2) is 6.39. The van der Waals surface area contributed by atoms with Gasteiger partial charge in [-0.15, -0.1) is 0 Å². The molecule has 0 saturated carbocycles. The topological polar surface area (TPSA) is 59.0 Å². The summed E-state index contributed by atoms with van der Waals surface area (Å²) in [5.41, 5.74) is 2.54. The van der Waals surface area contributed by atoms with Crippen molar-refractivity contribution < 1.29 is 4.79 Å². The Kier molecular flexibility index (Phi) is 4.81. The number of nitrogens with zero attached hydrogens (tertiary/aromatic N) is 2. The third-order valence-corrected chi connectivity index (χ3v) is 4.12. The standard InChI is InChI=1S/C15H26N4O/c1-5-9-19-12(4)14(11(3)18-19)15(20)17-13-7-6-8-16-10(13)2/h10,13,16H,5-9H2,1-4H3,(H,17,20). The van der Waals surface area contributed by atoms with Crippen molar-refractivity contribution in [1.82, 2.24) is 20.4 Å². The molecule has 112 valence electrons. The van der Waals surface area contributed by atoms with Crippen LogP contribution in [0.25, 0.3) is 0 Å². The van der Waals surface area contributed by atoms with Gasteiger partial charge in [0.25, 0.3) is 5.91 Å². The van der Waals surface area contributed by atoms with Crippen molar-refractivity contribution in [1.29, 1.82) is 0 Å². The smallest absolute Gasteiger partial charge is 0.255 e. The van der Waals surface area contributed by atoms with E-state index in [0.29, 0.717) is 6.04 Å². The number of hydrogen-bond acceptors (Lipinski definition) is 3. The number of hydrogen-bond donors (Lipinski definition) is 2. The lowest BCUT2D eigenvalue weighted by atomic mass is 9.99. The maximum absolute atomic E-state index is 12.5. The Balaban J connectivity index is 2.12. The Labute approximate surface area is 121 Å². The van der Waals surface area contributed by atoms with Gasteiger partial charge in [0.15, 0.2) is 0 Å². The Morgan fingerprint density at radius 3 is 2.90 bits per heavy atom. The lowest BCUT2D eigenvalue weighted by Crippen LogP contribution is -2.52. The summed E-state index contributed by atoms with van der Waals surface area (Å²) in [6.07, 6.45) is 3.18. The van der Waals surface area contributed by atoms with Crippen molar-refractivity contribution in [2.75, 3.05) is 6.54 Å². The molecule has 0 bridgehead atoms. The summed E-state index contributed by atoms with van der Waals surface area (Å²) < 4.78 is 1.94. The van der Waals surface area contributed by atoms with E-state index in [-0.39, 0.29) is 11.9 Å². The molecule has 20 heavy (non-hydrogen) atoms. The van der Waals surface area contributed by atoms with Crippen LogP contribution < -0.4 is 10.6 Å². The SMILES string of the molecule is CCCn1nc(C)c(C(=O)NC2CCCNC2C)c1C. The van der Waals surface area contributed by atoms with E-state index >= 15 is 0 Å². The molecule has 0 spiro atoms. The monoisotopic (exact) mass is 278 g/mol. The van der Waals surface area contributed by atoms with Gasteiger partial charge in [-0.3, -0.25) is 9.48 Å². The van der Waals surface area contributed by atoms with Crippen molar-refractivity contribution in [2.24, 2.45) is 0 Å². The van der Waals surface area contributed by atoms with Gasteiger partial charge in [-0.05, 0) is 46.6 Å². The fourth-order valence-corrected chi connectivity index (χ4v) is 2.94. The van der Waals surface area contributed by atoms with E-state index in [0.717, 1.165) is 49.3 Å². The summed E-state index contributed by atoms with van der Waals surface area (Å²) in [6.45, 7) is 10.0. The minimum atomic E-state index is 0.0166. The van der Waals surface area contributed by atoms with Gasteiger partial charge in [0.2, 0.25) is 0 Å². The largest absolute Gasteiger partial charge is 0.348 e. The summed E-state index contributed by atoms with van der Waals surface area (Å²) in [4.78, 5) is 12.5. The van der Waals surface area contributed by atoms with Crippen LogP contribution >= 0.6 is 0 Å². The lowest BCUT2D eigenvalue weighted by molar-refractivity contribution is 0.0918. The van der Waals surface area contributed by atoms with Crippen LogP contribution in [0.5, 0.6) is 0 Å². The molecule has 0 aromatic carbocycles. The Morgan fingerprint density at radius 1 is 1.50 bits per heavy atom. The normalized spacial score (nSPS) is 22.8. The van der Waals surface area contributed by atoms with Crippen LogP contribution in [-0.4, -0.2) is 34.3 Å². The lowest BCUT2D eigenvalue weighted by Gasteiger charge is -2.30. The fourth-order valence-electron chi connectivity index (χ4n) is 2.94. The first-order chi connectivity index (χ1) is 9.54. The zero-order valence-corrected chi connectivity index (χ0v) is 13.0. The zero-order chi connectivity index (χ0) is 14.7. The van der Waals surface area contributed by atoms with Crippen LogP contribution in [-0.2, 0) is 6.54 Å². The van der Waals surface area contributed by atoms with E-state index in [1.165, 1.54) is 0 Å². The van der Waals surface area contributed by atoms with E-state index in [9.17, 15) is 4.79 Å². The maximum Gasteiger partial charge on any atom is 0.255 e. The van der Waals surface area contributed by atoms with Crippen LogP contribution in [0.3, 0.4) is 0 Å². The van der Waals surface area contributed by atoms with Crippen LogP contribution in [0.1, 0.15) is 54.9 Å². The summed E-state index contributed by atoms with van der Waals surface area (Å²) >= 11 is 0. The van der Waals surface area contributed by atoms with Crippen LogP contribution in [0.2, 0.25) is 0 Å². The molecule has 1 saturated heterocycles. The molecule has 1 aromatic rings. The number of carbonyl (C=O) groups is 1. The fraction of sp³-hybridized carbons (Fsp3) is 0.733. The van der Waals surface area contributed by atoms with E-state index in [1.807, 2.05) is 18.5 Å². The van der Waals surface area contributed by atoms with Crippen molar-refractivity contribution in [3.63, 3.8) is 0 Å². The number of aromatic nitrogens is 2. The van der Waals surface area contributed by atoms with Gasteiger partial charge in [-0.1, -0.05) is 6.92 Å². The number of aryl methyl sites for hydroxylation is 2. The van der Waals surface area contributed by atoms with Gasteiger partial charge in [-0.25, -0.2) is 0 Å². The van der Waals surface area contributed by atoms with Crippen LogP contribution in [0.4, 0.5) is 0 Å². The quantitative estimate of drug-likeness (QED) is 0.882. The minimum Gasteiger partial charge on any atom is -0.348 e. The summed E-state index contributed by atoms with van der Waals surface area (Å²) in [5.74, 6) is 0.0166. The molecule has 2 heterocycles. The van der Waals surface area contributed by atoms with Gasteiger partial charge in [0.05, 0.1) is 11.3 Å². The highest BCUT2D eigenvalue weighted by atomic mass is 16.1. The molecular weight excluding hydrogens is 252 g/mol. The third-order valence-electron chi connectivity index (χ3n) is 4.12. The molecule has 2 rings (SSSR count). The van der Waals surface area contributed by atoms with Gasteiger partial charge in [0, 0.05) is 24.3 Å². The molecule has 1 aliphatic rings. The number of piperidine rings is 1. The molecule has 0 radical (unpaired) electrons. The first kappa shape index (κ1) is 15.0. The third kappa shape index (κ3) is 3.03. The second-order valence-corrected chi connectivity index (χ2v) is 5.73. The summed E-state index contributed by atoms with van der Waals surface area (Å²) in [6, 6.07) is 0.545. The number of rotatable bonds is 4. The Hall–Kier alpha value is -1.36. The predicted octanol–water partition coefficient (Wildman–Crippen LogP) is 1.78. The molecule has 1 fully saturated rings. The van der Waals surface area contributed by atoms with Gasteiger partial charge in [-0.2, -0.15) is 5.10 Å². The molecule has 5 heteroatoms. The number of nitrogens with one attached hydrogen (secondary N) is 2. The van der Waals surface area contributed by atoms with Crippen molar-refractivity contribution in [2.45, 2.75) is 65.6 Å². The average molecular weight is 278 g/mol. The van der Waals surface area contributed by atoms with Crippen LogP contribution in [0.15, 0.2) is 0 Å². The molecule has 5 nitrogen and oxygen atoms in total. The highest BCUT2D eigenvalue weighted by molar-refractivity contribution is 5.96. The number of amides is 1. The van der Waals surface area contributed by atoms with E-state index in [1.54, 1.807) is 0 Å². The summed E-state index contributed by atoms with van der Waals surface area (Å²) in [7, 11) is 0. The van der Waals surface area contributed by atoms with Gasteiger partial charge in [0.1, 0.15) is 0 Å². The highest BCUT2D eigenvalue weighted by Crippen LogP contribution is 2.15. The van der Waals surface area contributed by atoms with Crippen molar-refractivity contribution in [3.05, 3.63) is 17.0 Å². The maximum atomic E-state index is 12.5. The molecule has 1 aromatic heterocycles. The van der Waals surface area contributed by atoms with E-state index < -0.39 is 0 Å². The van der Waals surface area contributed by atoms with Crippen molar-refractivity contribution >= 4 is 5.91 Å². The predicted molar refractivity (Wildman–Crippen MR) is 79.9 cm³/mol. The Morgan fingerprint density at radius 2 is 2.25 bits per heavy atom. The van der Waals surface area contributed by atoms with Gasteiger partial charge < -0.3 is 10.6 Å². The molecule has 2 N–H and O–H groups in total. The molecule has 0 aliphatic carbocycles. The first-order valence-electron chi connectivity index (χ1n) is 7.62. The molecule has 2 unspecified atom stereocenters. The highest BCUT2D eigenvalue weighted by Gasteiger charge is 2.25.